The molecular weight excluding hydrogens is 1070 g/mol. The van der Waals surface area contributed by atoms with Crippen molar-refractivity contribution < 1.29 is 71.4 Å². The van der Waals surface area contributed by atoms with Crippen LogP contribution in [0.5, 0.6) is 34.5 Å². The van der Waals surface area contributed by atoms with Crippen molar-refractivity contribution in [2.24, 2.45) is 0 Å². The van der Waals surface area contributed by atoms with E-state index >= 15 is 0 Å². The summed E-state index contributed by atoms with van der Waals surface area (Å²) in [6, 6.07) is 24.0. The molecule has 0 aliphatic rings. The molecule has 0 aliphatic heterocycles. The maximum Gasteiger partial charge on any atom is 0.343 e. The standard InChI is InChI=1S/C69H90O15/c1-4-64(70)79-49-31-25-19-13-7-10-16-22-28-46-76-58-34-40-61(41-35-58)82-67(73)55-52-56(68(74)83-62-42-36-59(37-43-62)77-47-29-23-17-11-8-14-20-26-32-50-80-65(71)5-2)54-57(53-55)69(75)84-63-44-38-60(39-45-63)78-48-30-24-18-12-9-15-21-27-33-51-81-66(72)6-3/h4-6,34-45,52-54H,1-3,7-33,46-51H2. The molecule has 0 bridgehead atoms. The zero-order valence-electron chi connectivity index (χ0n) is 49.5. The normalized spacial score (nSPS) is 10.7. The number of carbonyl (C=O) groups excluding carboxylic acids is 6. The van der Waals surface area contributed by atoms with Gasteiger partial charge in [-0.25, -0.2) is 28.8 Å². The maximum absolute atomic E-state index is 13.7. The zero-order chi connectivity index (χ0) is 60.1. The fraction of sp³-hybridized carbons (Fsp3) is 0.478. The van der Waals surface area contributed by atoms with Gasteiger partial charge in [-0.15, -0.1) is 0 Å². The summed E-state index contributed by atoms with van der Waals surface area (Å²) in [7, 11) is 0. The Morgan fingerprint density at radius 1 is 0.262 bits per heavy atom. The van der Waals surface area contributed by atoms with E-state index in [9.17, 15) is 28.8 Å². The van der Waals surface area contributed by atoms with E-state index < -0.39 is 17.9 Å². The number of carbonyl (C=O) groups is 6. The Morgan fingerprint density at radius 2 is 0.440 bits per heavy atom. The third-order valence-electron chi connectivity index (χ3n) is 13.6. The highest BCUT2D eigenvalue weighted by Crippen LogP contribution is 2.25. The van der Waals surface area contributed by atoms with E-state index in [0.29, 0.717) is 56.9 Å². The highest BCUT2D eigenvalue weighted by Gasteiger charge is 2.21. The first-order valence-corrected chi connectivity index (χ1v) is 30.4. The Bertz CT molecular complexity index is 2260. The molecule has 0 spiro atoms. The van der Waals surface area contributed by atoms with Crippen molar-refractivity contribution in [1.29, 1.82) is 0 Å². The van der Waals surface area contributed by atoms with E-state index in [4.69, 9.17) is 42.6 Å². The quantitative estimate of drug-likeness (QED) is 0.0134. The molecule has 0 fully saturated rings. The van der Waals surface area contributed by atoms with Crippen molar-refractivity contribution in [3.8, 4) is 34.5 Å². The van der Waals surface area contributed by atoms with Crippen LogP contribution in [-0.4, -0.2) is 75.5 Å². The van der Waals surface area contributed by atoms with Crippen LogP contribution in [0.1, 0.15) is 204 Å². The Kier molecular flexibility index (Phi) is 36.0. The lowest BCUT2D eigenvalue weighted by atomic mass is 10.1. The van der Waals surface area contributed by atoms with Crippen LogP contribution in [0.25, 0.3) is 0 Å². The molecule has 15 heteroatoms. The van der Waals surface area contributed by atoms with Gasteiger partial charge in [-0.05, 0) is 130 Å². The maximum atomic E-state index is 13.7. The lowest BCUT2D eigenvalue weighted by Gasteiger charge is -2.12. The second kappa shape index (κ2) is 43.9. The molecular formula is C69H90O15. The van der Waals surface area contributed by atoms with Crippen molar-refractivity contribution in [1.82, 2.24) is 0 Å². The summed E-state index contributed by atoms with van der Waals surface area (Å²) < 4.78 is 50.1. The fourth-order valence-electron chi connectivity index (χ4n) is 8.88. The predicted molar refractivity (Wildman–Crippen MR) is 325 cm³/mol. The molecule has 0 aromatic heterocycles. The first-order chi connectivity index (χ1) is 41.1. The molecule has 0 aliphatic carbocycles. The van der Waals surface area contributed by atoms with E-state index in [-0.39, 0.29) is 51.8 Å². The monoisotopic (exact) mass is 1160 g/mol. The molecule has 0 atom stereocenters. The second-order valence-electron chi connectivity index (χ2n) is 20.6. The average Bonchev–Trinajstić information content (AvgIpc) is 3.39. The number of esters is 6. The number of unbranched alkanes of at least 4 members (excludes halogenated alkanes) is 24. The molecule has 456 valence electrons. The van der Waals surface area contributed by atoms with Gasteiger partial charge in [0.15, 0.2) is 0 Å². The SMILES string of the molecule is C=CC(=O)OCCCCCCCCCCCOc1ccc(OC(=O)c2cc(C(=O)Oc3ccc(OCCCCCCCCCCCOC(=O)C=C)cc3)cc(C(=O)Oc3ccc(OCCCCCCCCCCCOC(=O)C=C)cc3)c2)cc1. The van der Waals surface area contributed by atoms with Gasteiger partial charge in [0.1, 0.15) is 34.5 Å². The molecule has 0 N–H and O–H groups in total. The van der Waals surface area contributed by atoms with Gasteiger partial charge in [0.25, 0.3) is 0 Å². The zero-order valence-corrected chi connectivity index (χ0v) is 49.5. The van der Waals surface area contributed by atoms with E-state index in [1.165, 1.54) is 55.7 Å². The van der Waals surface area contributed by atoms with Crippen LogP contribution in [0.15, 0.2) is 129 Å². The Hall–Kier alpha value is -7.68. The van der Waals surface area contributed by atoms with Crippen LogP contribution in [0.3, 0.4) is 0 Å². The van der Waals surface area contributed by atoms with Crippen molar-refractivity contribution in [2.45, 2.75) is 173 Å². The molecule has 4 aromatic rings. The number of ether oxygens (including phenoxy) is 9. The van der Waals surface area contributed by atoms with Crippen molar-refractivity contribution >= 4 is 35.8 Å². The minimum Gasteiger partial charge on any atom is -0.494 e. The summed E-state index contributed by atoms with van der Waals surface area (Å²) >= 11 is 0. The third kappa shape index (κ3) is 31.7. The predicted octanol–water partition coefficient (Wildman–Crippen LogP) is 16.2. The first kappa shape index (κ1) is 68.8. The summed E-state index contributed by atoms with van der Waals surface area (Å²) in [4.78, 5) is 74.6. The van der Waals surface area contributed by atoms with E-state index in [1.54, 1.807) is 72.8 Å². The molecule has 0 saturated carbocycles. The topological polar surface area (TPSA) is 185 Å². The number of rotatable bonds is 48. The van der Waals surface area contributed by atoms with Crippen molar-refractivity contribution in [3.63, 3.8) is 0 Å². The second-order valence-corrected chi connectivity index (χ2v) is 20.6. The van der Waals surface area contributed by atoms with Crippen LogP contribution in [0.2, 0.25) is 0 Å². The smallest absolute Gasteiger partial charge is 0.343 e. The lowest BCUT2D eigenvalue weighted by molar-refractivity contribution is -0.138. The molecule has 15 nitrogen and oxygen atoms in total. The van der Waals surface area contributed by atoms with Crippen LogP contribution in [0, 0.1) is 0 Å². The molecule has 84 heavy (non-hydrogen) atoms. The first-order valence-electron chi connectivity index (χ1n) is 30.4. The van der Waals surface area contributed by atoms with Gasteiger partial charge in [-0.2, -0.15) is 0 Å². The highest BCUT2D eigenvalue weighted by atomic mass is 16.6. The summed E-state index contributed by atoms with van der Waals surface area (Å²) in [5.74, 6) is -0.934. The molecule has 0 heterocycles. The number of benzene rings is 4. The molecule has 4 rings (SSSR count). The molecule has 0 unspecified atom stereocenters. The van der Waals surface area contributed by atoms with E-state index in [0.717, 1.165) is 154 Å². The average molecular weight is 1160 g/mol. The van der Waals surface area contributed by atoms with E-state index in [2.05, 4.69) is 19.7 Å². The van der Waals surface area contributed by atoms with Crippen LogP contribution < -0.4 is 28.4 Å². The van der Waals surface area contributed by atoms with Gasteiger partial charge in [-0.1, -0.05) is 155 Å². The summed E-state index contributed by atoms with van der Waals surface area (Å²) in [5, 5.41) is 0. The van der Waals surface area contributed by atoms with E-state index in [1.807, 2.05) is 0 Å². The van der Waals surface area contributed by atoms with Gasteiger partial charge in [-0.3, -0.25) is 0 Å². The van der Waals surface area contributed by atoms with Gasteiger partial charge < -0.3 is 42.6 Å². The number of hydrogen-bond acceptors (Lipinski definition) is 15. The molecule has 4 aromatic carbocycles. The Balaban J connectivity index is 1.25. The number of hydrogen-bond donors (Lipinski definition) is 0. The fourth-order valence-corrected chi connectivity index (χ4v) is 8.88. The highest BCUT2D eigenvalue weighted by molar-refractivity contribution is 6.02. The van der Waals surface area contributed by atoms with Crippen molar-refractivity contribution in [3.05, 3.63) is 146 Å². The summed E-state index contributed by atoms with van der Waals surface area (Å²) in [5.41, 5.74) is -0.216. The minimum absolute atomic E-state index is 0.0721. The molecule has 0 amide bonds. The minimum atomic E-state index is -0.806. The largest absolute Gasteiger partial charge is 0.494 e. The van der Waals surface area contributed by atoms with Crippen LogP contribution in [0.4, 0.5) is 0 Å². The Labute approximate surface area is 498 Å². The van der Waals surface area contributed by atoms with Crippen LogP contribution in [-0.2, 0) is 28.6 Å². The lowest BCUT2D eigenvalue weighted by Crippen LogP contribution is -2.16. The van der Waals surface area contributed by atoms with Gasteiger partial charge in [0.2, 0.25) is 0 Å². The summed E-state index contributed by atoms with van der Waals surface area (Å²) in [6.45, 7) is 13.2. The Morgan fingerprint density at radius 3 is 0.643 bits per heavy atom. The van der Waals surface area contributed by atoms with Crippen LogP contribution >= 0.6 is 0 Å². The van der Waals surface area contributed by atoms with Gasteiger partial charge >= 0.3 is 35.8 Å². The molecule has 0 radical (unpaired) electrons. The summed E-state index contributed by atoms with van der Waals surface area (Å²) in [6.07, 6.45) is 32.3. The van der Waals surface area contributed by atoms with Gasteiger partial charge in [0, 0.05) is 18.2 Å². The third-order valence-corrected chi connectivity index (χ3v) is 13.6. The van der Waals surface area contributed by atoms with Gasteiger partial charge in [0.05, 0.1) is 56.3 Å². The molecule has 0 saturated heterocycles. The van der Waals surface area contributed by atoms with Crippen molar-refractivity contribution in [2.75, 3.05) is 39.6 Å².